The third kappa shape index (κ3) is 5.73. The summed E-state index contributed by atoms with van der Waals surface area (Å²) in [7, 11) is 0. The van der Waals surface area contributed by atoms with Crippen LogP contribution in [-0.4, -0.2) is 60.3 Å². The van der Waals surface area contributed by atoms with Gasteiger partial charge in [-0.1, -0.05) is 18.2 Å². The first-order valence-electron chi connectivity index (χ1n) is 10.3. The molecule has 0 bridgehead atoms. The van der Waals surface area contributed by atoms with Gasteiger partial charge in [-0.25, -0.2) is 4.39 Å². The molecule has 2 unspecified atom stereocenters. The van der Waals surface area contributed by atoms with Crippen LogP contribution in [0, 0.1) is 11.7 Å². The highest BCUT2D eigenvalue weighted by Crippen LogP contribution is 2.39. The average Bonchev–Trinajstić information content (AvgIpc) is 3.50. The molecule has 1 aromatic heterocycles. The van der Waals surface area contributed by atoms with E-state index in [1.54, 1.807) is 24.3 Å². The summed E-state index contributed by atoms with van der Waals surface area (Å²) in [6.45, 7) is 1.20. The number of hydrogen-bond donors (Lipinski definition) is 2. The summed E-state index contributed by atoms with van der Waals surface area (Å²) in [4.78, 5) is 27.1. The van der Waals surface area contributed by atoms with Crippen molar-refractivity contribution in [3.63, 3.8) is 0 Å². The second kappa shape index (κ2) is 10.5. The fraction of sp³-hybridized carbons (Fsp3) is 0.476. The van der Waals surface area contributed by atoms with Gasteiger partial charge in [0.05, 0.1) is 19.0 Å². The zero-order chi connectivity index (χ0) is 22.0. The number of carbonyl (C=O) groups is 2. The summed E-state index contributed by atoms with van der Waals surface area (Å²) < 4.78 is 14.6. The maximum absolute atomic E-state index is 14.6. The lowest BCUT2D eigenvalue weighted by Gasteiger charge is -2.37. The molecule has 11 heteroatoms. The first-order valence-corrected chi connectivity index (χ1v) is 10.8. The monoisotopic (exact) mass is 481 g/mol. The van der Waals surface area contributed by atoms with E-state index in [-0.39, 0.29) is 48.1 Å². The van der Waals surface area contributed by atoms with Gasteiger partial charge in [0, 0.05) is 29.8 Å². The molecule has 0 radical (unpaired) electrons. The van der Waals surface area contributed by atoms with Crippen molar-refractivity contribution in [2.24, 2.45) is 5.92 Å². The average molecular weight is 482 g/mol. The Hall–Kier alpha value is -2.30. The zero-order valence-electron chi connectivity index (χ0n) is 17.3. The highest BCUT2D eigenvalue weighted by Gasteiger charge is 2.40. The van der Waals surface area contributed by atoms with E-state index < -0.39 is 12.0 Å². The number of aryl methyl sites for hydroxylation is 1. The molecule has 1 saturated heterocycles. The quantitative estimate of drug-likeness (QED) is 0.559. The number of piperidine rings is 1. The smallest absolute Gasteiger partial charge is 0.305 e. The number of hydrogen-bond acceptors (Lipinski definition) is 7. The maximum atomic E-state index is 14.6. The number of carboxylic acids is 1. The largest absolute Gasteiger partial charge is 0.481 e. The van der Waals surface area contributed by atoms with Crippen LogP contribution in [0.25, 0.3) is 6.08 Å². The number of ketones is 1. The molecule has 32 heavy (non-hydrogen) atoms. The zero-order valence-corrected chi connectivity index (χ0v) is 19.0. The molecular weight excluding hydrogens is 457 g/mol. The van der Waals surface area contributed by atoms with Gasteiger partial charge in [0.15, 0.2) is 11.6 Å². The molecule has 1 saturated carbocycles. The summed E-state index contributed by atoms with van der Waals surface area (Å²) in [6.07, 6.45) is 4.10. The topological polar surface area (TPSA) is 101 Å². The van der Waals surface area contributed by atoms with Crippen LogP contribution in [0.1, 0.15) is 43.1 Å². The van der Waals surface area contributed by atoms with E-state index in [4.69, 9.17) is 5.11 Å². The Balaban J connectivity index is 0.00000289. The first-order chi connectivity index (χ1) is 14.9. The summed E-state index contributed by atoms with van der Waals surface area (Å²) in [5.74, 6) is -0.878. The minimum Gasteiger partial charge on any atom is -0.481 e. The number of halogens is 2. The van der Waals surface area contributed by atoms with Crippen LogP contribution >= 0.6 is 25.0 Å². The fourth-order valence-electron chi connectivity index (χ4n) is 3.84. The van der Waals surface area contributed by atoms with Crippen molar-refractivity contribution in [1.29, 1.82) is 0 Å². The lowest BCUT2D eigenvalue weighted by molar-refractivity contribution is -0.137. The van der Waals surface area contributed by atoms with Gasteiger partial charge >= 0.3 is 5.97 Å². The molecule has 1 aliphatic carbocycles. The molecule has 1 aliphatic heterocycles. The first kappa shape index (κ1) is 24.3. The Morgan fingerprint density at radius 1 is 1.28 bits per heavy atom. The van der Waals surface area contributed by atoms with Crippen LogP contribution in [0.3, 0.4) is 0 Å². The summed E-state index contributed by atoms with van der Waals surface area (Å²) in [5, 5.41) is 20.8. The van der Waals surface area contributed by atoms with Gasteiger partial charge in [0.1, 0.15) is 5.82 Å². The van der Waals surface area contributed by atoms with Gasteiger partial charge in [0.2, 0.25) is 0 Å². The highest BCUT2D eigenvalue weighted by molar-refractivity contribution is 7.81. The van der Waals surface area contributed by atoms with E-state index in [2.05, 4.69) is 28.0 Å². The van der Waals surface area contributed by atoms with Crippen LogP contribution in [0.5, 0.6) is 0 Å². The van der Waals surface area contributed by atoms with E-state index in [1.165, 1.54) is 10.9 Å². The van der Waals surface area contributed by atoms with Gasteiger partial charge < -0.3 is 5.11 Å². The Kier molecular flexibility index (Phi) is 8.02. The normalized spacial score (nSPS) is 21.2. The standard InChI is InChI=1S/C21H24FN5O3S.ClH/c22-16-4-2-1-3-15(16)20(21(30)13-5-6-13)26-9-7-17(31)14(12-26)11-18-23-25-27(24-18)10-8-19(28)29;/h1-4,11,13,17,20,31H,5-10,12H2,(H,28,29);1H/b14-11-;. The number of benzene rings is 1. The third-order valence-electron chi connectivity index (χ3n) is 5.63. The molecule has 2 aliphatic rings. The van der Waals surface area contributed by atoms with Crippen molar-refractivity contribution in [1.82, 2.24) is 25.1 Å². The lowest BCUT2D eigenvalue weighted by atomic mass is 9.93. The van der Waals surface area contributed by atoms with Gasteiger partial charge in [-0.15, -0.1) is 22.6 Å². The van der Waals surface area contributed by atoms with Crippen LogP contribution in [0.15, 0.2) is 29.8 Å². The number of thiol groups is 1. The number of likely N-dealkylation sites (tertiary alicyclic amines) is 1. The molecule has 2 heterocycles. The summed E-state index contributed by atoms with van der Waals surface area (Å²) in [5.41, 5.74) is 1.33. The van der Waals surface area contributed by atoms with Crippen molar-refractivity contribution in [2.75, 3.05) is 13.1 Å². The van der Waals surface area contributed by atoms with Crippen molar-refractivity contribution in [2.45, 2.75) is 43.5 Å². The van der Waals surface area contributed by atoms with Crippen molar-refractivity contribution >= 4 is 42.9 Å². The Labute approximate surface area is 196 Å². The van der Waals surface area contributed by atoms with Crippen LogP contribution in [-0.2, 0) is 16.1 Å². The van der Waals surface area contributed by atoms with Crippen molar-refractivity contribution in [3.8, 4) is 0 Å². The Bertz CT molecular complexity index is 1010. The van der Waals surface area contributed by atoms with Crippen molar-refractivity contribution < 1.29 is 19.1 Å². The highest BCUT2D eigenvalue weighted by atomic mass is 35.5. The van der Waals surface area contributed by atoms with E-state index >= 15 is 0 Å². The number of nitrogens with zero attached hydrogens (tertiary/aromatic N) is 5. The van der Waals surface area contributed by atoms with E-state index in [9.17, 15) is 14.0 Å². The number of aromatic nitrogens is 4. The number of rotatable bonds is 8. The van der Waals surface area contributed by atoms with Crippen molar-refractivity contribution in [3.05, 3.63) is 47.0 Å². The van der Waals surface area contributed by atoms with E-state index in [1.807, 2.05) is 4.90 Å². The molecule has 2 aromatic rings. The van der Waals surface area contributed by atoms with Gasteiger partial charge in [-0.3, -0.25) is 14.5 Å². The number of carbonyl (C=O) groups excluding carboxylic acids is 1. The molecule has 2 fully saturated rings. The Morgan fingerprint density at radius 2 is 2.03 bits per heavy atom. The summed E-state index contributed by atoms with van der Waals surface area (Å²) in [6, 6.07) is 5.84. The summed E-state index contributed by atoms with van der Waals surface area (Å²) >= 11 is 4.67. The van der Waals surface area contributed by atoms with E-state index in [0.717, 1.165) is 18.4 Å². The molecule has 4 rings (SSSR count). The molecular formula is C21H25ClFN5O3S. The van der Waals surface area contributed by atoms with Gasteiger partial charge in [-0.05, 0) is 42.2 Å². The fourth-order valence-corrected chi connectivity index (χ4v) is 4.11. The van der Waals surface area contributed by atoms with Crippen LogP contribution in [0.2, 0.25) is 0 Å². The molecule has 8 nitrogen and oxygen atoms in total. The van der Waals surface area contributed by atoms with Crippen LogP contribution in [0.4, 0.5) is 4.39 Å². The van der Waals surface area contributed by atoms with Crippen LogP contribution < -0.4 is 0 Å². The predicted octanol–water partition coefficient (Wildman–Crippen LogP) is 2.82. The minimum absolute atomic E-state index is 0. The third-order valence-corrected chi connectivity index (χ3v) is 6.22. The molecule has 1 aromatic carbocycles. The minimum atomic E-state index is -0.935. The Morgan fingerprint density at radius 3 is 2.72 bits per heavy atom. The maximum Gasteiger partial charge on any atom is 0.305 e. The number of aliphatic carboxylic acids is 1. The molecule has 1 N–H and O–H groups in total. The molecule has 172 valence electrons. The van der Waals surface area contributed by atoms with E-state index in [0.29, 0.717) is 30.9 Å². The second-order valence-electron chi connectivity index (χ2n) is 7.98. The number of carboxylic acid groups (broad SMARTS) is 1. The number of tetrazole rings is 1. The number of Topliss-reactive ketones (excluding diaryl/α,β-unsaturated/α-hetero) is 1. The lowest BCUT2D eigenvalue weighted by Crippen LogP contribution is -2.42. The predicted molar refractivity (Wildman–Crippen MR) is 121 cm³/mol. The second-order valence-corrected chi connectivity index (χ2v) is 8.61. The SMILES string of the molecule is Cl.O=C(O)CCn1nnc(/C=C2/CN(C(C(=O)C3CC3)c3ccccc3F)CCC2S)n1. The van der Waals surface area contributed by atoms with Gasteiger partial charge in [-0.2, -0.15) is 17.4 Å². The molecule has 2 atom stereocenters. The molecule has 0 spiro atoms. The molecule has 0 amide bonds. The van der Waals surface area contributed by atoms with Gasteiger partial charge in [0.25, 0.3) is 0 Å².